The molecule has 1 fully saturated rings. The van der Waals surface area contributed by atoms with Crippen molar-refractivity contribution >= 4 is 0 Å². The van der Waals surface area contributed by atoms with Crippen molar-refractivity contribution in [3.8, 4) is 0 Å². The molecule has 1 saturated carbocycles. The highest BCUT2D eigenvalue weighted by Crippen LogP contribution is 2.36. The third-order valence-corrected chi connectivity index (χ3v) is 2.90. The van der Waals surface area contributed by atoms with Gasteiger partial charge in [0.05, 0.1) is 5.60 Å². The maximum absolute atomic E-state index is 10.1. The van der Waals surface area contributed by atoms with E-state index in [0.717, 1.165) is 19.4 Å². The van der Waals surface area contributed by atoms with Crippen LogP contribution in [0, 0.1) is 5.92 Å². The van der Waals surface area contributed by atoms with E-state index in [-0.39, 0.29) is 0 Å². The summed E-state index contributed by atoms with van der Waals surface area (Å²) in [7, 11) is 1.91. The molecule has 0 aromatic rings. The quantitative estimate of drug-likeness (QED) is 0.644. The summed E-state index contributed by atoms with van der Waals surface area (Å²) >= 11 is 0. The lowest BCUT2D eigenvalue weighted by Gasteiger charge is -2.29. The second-order valence-electron chi connectivity index (χ2n) is 3.63. The Morgan fingerprint density at radius 3 is 2.91 bits per heavy atom. The first-order valence-electron chi connectivity index (χ1n) is 4.60. The summed E-state index contributed by atoms with van der Waals surface area (Å²) in [6.07, 6.45) is 4.48. The van der Waals surface area contributed by atoms with E-state index in [1.54, 1.807) is 0 Å². The van der Waals surface area contributed by atoms with Gasteiger partial charge in [-0.2, -0.15) is 0 Å². The summed E-state index contributed by atoms with van der Waals surface area (Å²) in [6.45, 7) is 2.92. The fraction of sp³-hybridized carbons (Fsp3) is 1.00. The molecule has 2 heteroatoms. The van der Waals surface area contributed by atoms with Gasteiger partial charge in [-0.1, -0.05) is 19.8 Å². The first-order chi connectivity index (χ1) is 5.23. The Morgan fingerprint density at radius 1 is 1.64 bits per heavy atom. The van der Waals surface area contributed by atoms with Gasteiger partial charge >= 0.3 is 0 Å². The average Bonchev–Trinajstić information content (AvgIpc) is 2.31. The number of aliphatic hydroxyl groups is 1. The van der Waals surface area contributed by atoms with Crippen molar-refractivity contribution in [2.45, 2.75) is 38.2 Å². The number of likely N-dealkylation sites (N-methyl/N-ethyl adjacent to an activating group) is 1. The summed E-state index contributed by atoms with van der Waals surface area (Å²) in [4.78, 5) is 0. The molecule has 2 N–H and O–H groups in total. The molecule has 1 aliphatic carbocycles. The molecule has 2 atom stereocenters. The first kappa shape index (κ1) is 9.01. The molecule has 2 unspecified atom stereocenters. The van der Waals surface area contributed by atoms with Crippen LogP contribution in [0.15, 0.2) is 0 Å². The molecular weight excluding hydrogens is 138 g/mol. The molecule has 1 rings (SSSR count). The van der Waals surface area contributed by atoms with E-state index >= 15 is 0 Å². The van der Waals surface area contributed by atoms with E-state index < -0.39 is 5.60 Å². The van der Waals surface area contributed by atoms with Crippen molar-refractivity contribution < 1.29 is 5.11 Å². The molecule has 0 heterocycles. The number of nitrogens with one attached hydrogen (secondary N) is 1. The van der Waals surface area contributed by atoms with Gasteiger partial charge in [0, 0.05) is 6.54 Å². The predicted octanol–water partition coefficient (Wildman–Crippen LogP) is 1.15. The molecule has 2 nitrogen and oxygen atoms in total. The maximum Gasteiger partial charge on any atom is 0.0799 e. The van der Waals surface area contributed by atoms with Crippen molar-refractivity contribution in [3.05, 3.63) is 0 Å². The monoisotopic (exact) mass is 157 g/mol. The van der Waals surface area contributed by atoms with E-state index in [1.807, 2.05) is 7.05 Å². The summed E-state index contributed by atoms with van der Waals surface area (Å²) in [5, 5.41) is 13.2. The topological polar surface area (TPSA) is 32.3 Å². The third-order valence-electron chi connectivity index (χ3n) is 2.90. The van der Waals surface area contributed by atoms with Gasteiger partial charge in [0.2, 0.25) is 0 Å². The smallest absolute Gasteiger partial charge is 0.0799 e. The molecule has 0 radical (unpaired) electrons. The summed E-state index contributed by atoms with van der Waals surface area (Å²) in [5.74, 6) is 0.523. The highest BCUT2D eigenvalue weighted by molar-refractivity contribution is 4.92. The van der Waals surface area contributed by atoms with Crippen LogP contribution in [0.4, 0.5) is 0 Å². The van der Waals surface area contributed by atoms with Gasteiger partial charge in [-0.3, -0.25) is 0 Å². The summed E-state index contributed by atoms with van der Waals surface area (Å²) < 4.78 is 0. The lowest BCUT2D eigenvalue weighted by molar-refractivity contribution is 0.00364. The van der Waals surface area contributed by atoms with Gasteiger partial charge in [-0.25, -0.2) is 0 Å². The van der Waals surface area contributed by atoms with Gasteiger partial charge in [0.1, 0.15) is 0 Å². The molecule has 66 valence electrons. The van der Waals surface area contributed by atoms with Crippen molar-refractivity contribution in [3.63, 3.8) is 0 Å². The molecule has 1 aliphatic rings. The highest BCUT2D eigenvalue weighted by Gasteiger charge is 2.38. The van der Waals surface area contributed by atoms with E-state index in [4.69, 9.17) is 0 Å². The summed E-state index contributed by atoms with van der Waals surface area (Å²) in [5.41, 5.74) is -0.399. The average molecular weight is 157 g/mol. The van der Waals surface area contributed by atoms with Crippen molar-refractivity contribution in [1.82, 2.24) is 5.32 Å². The van der Waals surface area contributed by atoms with Crippen LogP contribution < -0.4 is 5.32 Å². The van der Waals surface area contributed by atoms with Crippen LogP contribution >= 0.6 is 0 Å². The van der Waals surface area contributed by atoms with Crippen LogP contribution in [0.1, 0.15) is 32.6 Å². The second-order valence-corrected chi connectivity index (χ2v) is 3.63. The van der Waals surface area contributed by atoms with Gasteiger partial charge < -0.3 is 10.4 Å². The fourth-order valence-electron chi connectivity index (χ4n) is 2.25. The molecular formula is C9H19NO. The van der Waals surface area contributed by atoms with Crippen LogP contribution in [0.5, 0.6) is 0 Å². The normalized spacial score (nSPS) is 37.9. The largest absolute Gasteiger partial charge is 0.388 e. The molecule has 0 aromatic carbocycles. The Morgan fingerprint density at radius 2 is 2.36 bits per heavy atom. The summed E-state index contributed by atoms with van der Waals surface area (Å²) in [6, 6.07) is 0. The van der Waals surface area contributed by atoms with Gasteiger partial charge in [0.15, 0.2) is 0 Å². The van der Waals surface area contributed by atoms with E-state index in [0.29, 0.717) is 5.92 Å². The third kappa shape index (κ3) is 1.74. The van der Waals surface area contributed by atoms with Crippen molar-refractivity contribution in [2.24, 2.45) is 5.92 Å². The van der Waals surface area contributed by atoms with E-state index in [9.17, 15) is 5.11 Å². The van der Waals surface area contributed by atoms with Crippen molar-refractivity contribution in [1.29, 1.82) is 0 Å². The molecule has 0 saturated heterocycles. The van der Waals surface area contributed by atoms with Gasteiger partial charge in [0.25, 0.3) is 0 Å². The number of rotatable bonds is 3. The van der Waals surface area contributed by atoms with Crippen LogP contribution in [0.2, 0.25) is 0 Å². The molecule has 0 bridgehead atoms. The maximum atomic E-state index is 10.1. The highest BCUT2D eigenvalue weighted by atomic mass is 16.3. The SMILES string of the molecule is CCC1CCCC1(O)CNC. The zero-order valence-corrected chi connectivity index (χ0v) is 7.56. The van der Waals surface area contributed by atoms with Crippen LogP contribution in [-0.4, -0.2) is 24.3 Å². The van der Waals surface area contributed by atoms with Crippen molar-refractivity contribution in [2.75, 3.05) is 13.6 Å². The minimum atomic E-state index is -0.399. The molecule has 11 heavy (non-hydrogen) atoms. The zero-order chi connectivity index (χ0) is 8.32. The minimum Gasteiger partial charge on any atom is -0.388 e. The van der Waals surface area contributed by atoms with E-state index in [2.05, 4.69) is 12.2 Å². The Hall–Kier alpha value is -0.0800. The first-order valence-corrected chi connectivity index (χ1v) is 4.60. The van der Waals surface area contributed by atoms with E-state index in [1.165, 1.54) is 12.8 Å². The lowest BCUT2D eigenvalue weighted by Crippen LogP contribution is -2.42. The fourth-order valence-corrected chi connectivity index (χ4v) is 2.25. The second kappa shape index (κ2) is 3.55. The number of hydrogen-bond acceptors (Lipinski definition) is 2. The molecule has 0 amide bonds. The molecule has 0 spiro atoms. The van der Waals surface area contributed by atoms with Crippen LogP contribution in [0.25, 0.3) is 0 Å². The Kier molecular flexibility index (Phi) is 2.90. The van der Waals surface area contributed by atoms with Crippen LogP contribution in [-0.2, 0) is 0 Å². The Balaban J connectivity index is 2.51. The minimum absolute atomic E-state index is 0.399. The zero-order valence-electron chi connectivity index (χ0n) is 7.56. The molecule has 0 aliphatic heterocycles. The lowest BCUT2D eigenvalue weighted by atomic mass is 9.89. The van der Waals surface area contributed by atoms with Gasteiger partial charge in [-0.15, -0.1) is 0 Å². The number of hydrogen-bond donors (Lipinski definition) is 2. The Labute approximate surface area is 69.0 Å². The predicted molar refractivity (Wildman–Crippen MR) is 46.5 cm³/mol. The van der Waals surface area contributed by atoms with Gasteiger partial charge in [-0.05, 0) is 25.8 Å². The Bertz CT molecular complexity index is 127. The standard InChI is InChI=1S/C9H19NO/c1-3-8-5-4-6-9(8,11)7-10-2/h8,10-11H,3-7H2,1-2H3. The van der Waals surface area contributed by atoms with Crippen LogP contribution in [0.3, 0.4) is 0 Å². The molecule has 0 aromatic heterocycles.